The SMILES string of the molecule is COC(=O)[C@@]12CC[C@@H]3CC(=O)CC[C@]3(C)[C@H]1CC=C(C)C2=O. The summed E-state index contributed by atoms with van der Waals surface area (Å²) >= 11 is 0. The second-order valence-electron chi connectivity index (χ2n) is 7.45. The topological polar surface area (TPSA) is 60.4 Å². The zero-order valence-corrected chi connectivity index (χ0v) is 13.6. The van der Waals surface area contributed by atoms with Gasteiger partial charge in [-0.3, -0.25) is 14.4 Å². The number of methoxy groups -OCH3 is 1. The van der Waals surface area contributed by atoms with Crippen molar-refractivity contribution >= 4 is 17.5 Å². The molecule has 0 spiro atoms. The molecule has 4 nitrogen and oxygen atoms in total. The van der Waals surface area contributed by atoms with E-state index in [9.17, 15) is 14.4 Å². The molecule has 0 aromatic heterocycles. The van der Waals surface area contributed by atoms with Crippen molar-refractivity contribution < 1.29 is 19.1 Å². The second-order valence-corrected chi connectivity index (χ2v) is 7.45. The molecule has 0 amide bonds. The first-order valence-corrected chi connectivity index (χ1v) is 8.18. The van der Waals surface area contributed by atoms with Crippen molar-refractivity contribution in [3.63, 3.8) is 0 Å². The van der Waals surface area contributed by atoms with Crippen molar-refractivity contribution in [2.45, 2.75) is 52.4 Å². The maximum absolute atomic E-state index is 12.9. The first-order chi connectivity index (χ1) is 10.4. The molecule has 0 radical (unpaired) electrons. The van der Waals surface area contributed by atoms with Crippen LogP contribution >= 0.6 is 0 Å². The predicted molar refractivity (Wildman–Crippen MR) is 81.0 cm³/mol. The van der Waals surface area contributed by atoms with Gasteiger partial charge in [-0.25, -0.2) is 0 Å². The highest BCUT2D eigenvalue weighted by Gasteiger charge is 2.64. The number of hydrogen-bond donors (Lipinski definition) is 0. The number of esters is 1. The summed E-state index contributed by atoms with van der Waals surface area (Å²) in [4.78, 5) is 37.4. The standard InChI is InChI=1S/C18H24O4/c1-11-4-5-14-17(2)8-7-13(19)10-12(17)6-9-18(14,15(11)20)16(21)22-3/h4,12,14H,5-10H2,1-3H3/t12-,14-,17+,18+/m1/s1. The zero-order valence-electron chi connectivity index (χ0n) is 13.6. The third-order valence-electron chi connectivity index (χ3n) is 6.60. The lowest BCUT2D eigenvalue weighted by molar-refractivity contribution is -0.177. The van der Waals surface area contributed by atoms with Crippen molar-refractivity contribution in [2.75, 3.05) is 7.11 Å². The molecule has 22 heavy (non-hydrogen) atoms. The minimum Gasteiger partial charge on any atom is -0.468 e. The molecule has 3 aliphatic carbocycles. The number of Topliss-reactive ketones (excluding diaryl/α,β-unsaturated/α-hetero) is 2. The van der Waals surface area contributed by atoms with Gasteiger partial charge in [-0.2, -0.15) is 0 Å². The Morgan fingerprint density at radius 3 is 2.73 bits per heavy atom. The van der Waals surface area contributed by atoms with E-state index in [0.717, 1.165) is 19.3 Å². The molecule has 0 bridgehead atoms. The number of rotatable bonds is 1. The van der Waals surface area contributed by atoms with Crippen molar-refractivity contribution in [2.24, 2.45) is 22.7 Å². The Bertz CT molecular complexity index is 576. The third-order valence-corrected chi connectivity index (χ3v) is 6.60. The van der Waals surface area contributed by atoms with Crippen LogP contribution in [0.25, 0.3) is 0 Å². The quantitative estimate of drug-likeness (QED) is 0.552. The van der Waals surface area contributed by atoms with E-state index in [1.807, 2.05) is 6.08 Å². The molecule has 0 aromatic carbocycles. The summed E-state index contributed by atoms with van der Waals surface area (Å²) in [5, 5.41) is 0. The molecule has 2 saturated carbocycles. The molecule has 0 aliphatic heterocycles. The average Bonchev–Trinajstić information content (AvgIpc) is 2.51. The number of fused-ring (bicyclic) bond motifs is 3. The predicted octanol–water partition coefficient (Wildman–Crippen LogP) is 2.85. The molecule has 3 aliphatic rings. The van der Waals surface area contributed by atoms with Crippen LogP contribution in [0.4, 0.5) is 0 Å². The number of hydrogen-bond acceptors (Lipinski definition) is 4. The van der Waals surface area contributed by atoms with Crippen molar-refractivity contribution in [3.8, 4) is 0 Å². The highest BCUT2D eigenvalue weighted by Crippen LogP contribution is 2.62. The zero-order chi connectivity index (χ0) is 16.1. The van der Waals surface area contributed by atoms with E-state index >= 15 is 0 Å². The van der Waals surface area contributed by atoms with E-state index in [4.69, 9.17) is 4.74 Å². The molecule has 0 saturated heterocycles. The second kappa shape index (κ2) is 5.04. The lowest BCUT2D eigenvalue weighted by Gasteiger charge is -2.57. The molecule has 120 valence electrons. The van der Waals surface area contributed by atoms with Crippen LogP contribution in [0.15, 0.2) is 11.6 Å². The Hall–Kier alpha value is -1.45. The molecule has 0 heterocycles. The van der Waals surface area contributed by atoms with Gasteiger partial charge in [0, 0.05) is 12.8 Å². The monoisotopic (exact) mass is 304 g/mol. The first-order valence-electron chi connectivity index (χ1n) is 8.18. The van der Waals surface area contributed by atoms with Crippen LogP contribution in [-0.4, -0.2) is 24.6 Å². The average molecular weight is 304 g/mol. The summed E-state index contributed by atoms with van der Waals surface area (Å²) in [5.41, 5.74) is -0.484. The minimum absolute atomic E-state index is 0.0458. The summed E-state index contributed by atoms with van der Waals surface area (Å²) in [6, 6.07) is 0. The van der Waals surface area contributed by atoms with Crippen LogP contribution in [0.5, 0.6) is 0 Å². The minimum atomic E-state index is -1.03. The Balaban J connectivity index is 2.10. The Morgan fingerprint density at radius 2 is 2.05 bits per heavy atom. The molecular formula is C18H24O4. The van der Waals surface area contributed by atoms with Crippen molar-refractivity contribution in [1.29, 1.82) is 0 Å². The van der Waals surface area contributed by atoms with Gasteiger partial charge in [0.05, 0.1) is 7.11 Å². The van der Waals surface area contributed by atoms with Gasteiger partial charge in [0.1, 0.15) is 11.2 Å². The van der Waals surface area contributed by atoms with Crippen LogP contribution < -0.4 is 0 Å². The highest BCUT2D eigenvalue weighted by molar-refractivity contribution is 6.13. The van der Waals surface area contributed by atoms with Gasteiger partial charge in [-0.1, -0.05) is 13.0 Å². The largest absolute Gasteiger partial charge is 0.468 e. The van der Waals surface area contributed by atoms with Gasteiger partial charge in [0.25, 0.3) is 0 Å². The van der Waals surface area contributed by atoms with Gasteiger partial charge >= 0.3 is 5.97 Å². The van der Waals surface area contributed by atoms with E-state index in [0.29, 0.717) is 30.6 Å². The van der Waals surface area contributed by atoms with Crippen LogP contribution in [0.2, 0.25) is 0 Å². The number of carbonyl (C=O) groups is 3. The molecule has 4 atom stereocenters. The summed E-state index contributed by atoms with van der Waals surface area (Å²) in [6.45, 7) is 3.97. The third kappa shape index (κ3) is 1.85. The molecule has 2 fully saturated rings. The van der Waals surface area contributed by atoms with E-state index in [1.54, 1.807) is 6.92 Å². The smallest absolute Gasteiger partial charge is 0.320 e. The fraction of sp³-hybridized carbons (Fsp3) is 0.722. The van der Waals surface area contributed by atoms with Crippen LogP contribution in [0.1, 0.15) is 52.4 Å². The molecule has 0 aromatic rings. The first kappa shape index (κ1) is 15.4. The number of carbonyl (C=O) groups excluding carboxylic acids is 3. The molecule has 0 unspecified atom stereocenters. The van der Waals surface area contributed by atoms with E-state index in [2.05, 4.69) is 6.92 Å². The molecule has 4 heteroatoms. The van der Waals surface area contributed by atoms with Gasteiger partial charge in [-0.15, -0.1) is 0 Å². The van der Waals surface area contributed by atoms with Crippen molar-refractivity contribution in [1.82, 2.24) is 0 Å². The fourth-order valence-corrected chi connectivity index (χ4v) is 5.25. The summed E-state index contributed by atoms with van der Waals surface area (Å²) in [7, 11) is 1.37. The molecule has 3 rings (SSSR count). The van der Waals surface area contributed by atoms with E-state index in [1.165, 1.54) is 7.11 Å². The van der Waals surface area contributed by atoms with Crippen LogP contribution in [0, 0.1) is 22.7 Å². The van der Waals surface area contributed by atoms with Gasteiger partial charge in [0.2, 0.25) is 0 Å². The van der Waals surface area contributed by atoms with Gasteiger partial charge < -0.3 is 4.74 Å². The summed E-state index contributed by atoms with van der Waals surface area (Å²) in [5.74, 6) is 0.118. The Morgan fingerprint density at radius 1 is 1.32 bits per heavy atom. The lowest BCUT2D eigenvalue weighted by atomic mass is 9.44. The fourth-order valence-electron chi connectivity index (χ4n) is 5.25. The maximum Gasteiger partial charge on any atom is 0.320 e. The van der Waals surface area contributed by atoms with Gasteiger partial charge in [0.15, 0.2) is 5.78 Å². The van der Waals surface area contributed by atoms with E-state index in [-0.39, 0.29) is 29.0 Å². The van der Waals surface area contributed by atoms with Gasteiger partial charge in [-0.05, 0) is 55.4 Å². The van der Waals surface area contributed by atoms with Crippen LogP contribution in [-0.2, 0) is 19.1 Å². The lowest BCUT2D eigenvalue weighted by Crippen LogP contribution is -2.60. The Labute approximate surface area is 131 Å². The van der Waals surface area contributed by atoms with E-state index < -0.39 is 5.41 Å². The van der Waals surface area contributed by atoms with Crippen LogP contribution in [0.3, 0.4) is 0 Å². The molecule has 0 N–H and O–H groups in total. The van der Waals surface area contributed by atoms with Crippen molar-refractivity contribution in [3.05, 3.63) is 11.6 Å². The normalized spacial score (nSPS) is 41.3. The number of ether oxygens (including phenoxy) is 1. The number of ketones is 2. The highest BCUT2D eigenvalue weighted by atomic mass is 16.5. The Kier molecular flexibility index (Phi) is 3.54. The summed E-state index contributed by atoms with van der Waals surface area (Å²) in [6.07, 6.45) is 5.92. The maximum atomic E-state index is 12.9. The number of allylic oxidation sites excluding steroid dienone is 2. The molecular weight excluding hydrogens is 280 g/mol. The summed E-state index contributed by atoms with van der Waals surface area (Å²) < 4.78 is 5.06.